The van der Waals surface area contributed by atoms with E-state index in [2.05, 4.69) is 13.8 Å². The van der Waals surface area contributed by atoms with E-state index < -0.39 is 23.0 Å². The average Bonchev–Trinajstić information content (AvgIpc) is 3.08. The molecule has 0 bridgehead atoms. The van der Waals surface area contributed by atoms with Crippen LogP contribution in [0.1, 0.15) is 57.3 Å². The van der Waals surface area contributed by atoms with E-state index in [4.69, 9.17) is 9.15 Å². The molecule has 1 heterocycles. The molecule has 0 aromatic carbocycles. The molecule has 1 aromatic rings. The molecule has 4 rings (SSSR count). The maximum atomic E-state index is 12.7. The van der Waals surface area contributed by atoms with Crippen molar-refractivity contribution in [2.45, 2.75) is 64.6 Å². The van der Waals surface area contributed by atoms with Gasteiger partial charge in [-0.15, -0.1) is 0 Å². The summed E-state index contributed by atoms with van der Waals surface area (Å²) in [6.45, 7) is 6.17. The third kappa shape index (κ3) is 2.13. The fraction of sp³-hybridized carbons (Fsp3) is 0.762. The molecular formula is C21H30O5. The molecular weight excluding hydrogens is 332 g/mol. The highest BCUT2D eigenvalue weighted by Crippen LogP contribution is 2.65. The molecule has 5 nitrogen and oxygen atoms in total. The number of methoxy groups -OCH3 is 1. The number of hydrogen-bond donors (Lipinski definition) is 2. The third-order valence-electron chi connectivity index (χ3n) is 8.20. The van der Waals surface area contributed by atoms with Crippen LogP contribution in [0, 0.1) is 28.6 Å². The van der Waals surface area contributed by atoms with Gasteiger partial charge in [0.25, 0.3) is 0 Å². The van der Waals surface area contributed by atoms with E-state index in [9.17, 15) is 15.0 Å². The molecule has 3 aliphatic rings. The van der Waals surface area contributed by atoms with Gasteiger partial charge in [-0.3, -0.25) is 4.79 Å². The minimum atomic E-state index is -0.778. The first kappa shape index (κ1) is 18.1. The lowest BCUT2D eigenvalue weighted by molar-refractivity contribution is -0.225. The second kappa shape index (κ2) is 5.83. The zero-order valence-electron chi connectivity index (χ0n) is 16.1. The summed E-state index contributed by atoms with van der Waals surface area (Å²) in [4.78, 5) is 12.7. The lowest BCUT2D eigenvalue weighted by Gasteiger charge is -2.63. The second-order valence-electron chi connectivity index (χ2n) is 9.17. The van der Waals surface area contributed by atoms with Gasteiger partial charge in [0, 0.05) is 17.8 Å². The highest BCUT2D eigenvalue weighted by molar-refractivity contribution is 5.77. The molecule has 0 spiro atoms. The van der Waals surface area contributed by atoms with E-state index in [0.717, 1.165) is 12.2 Å². The van der Waals surface area contributed by atoms with E-state index in [1.807, 2.05) is 13.0 Å². The van der Waals surface area contributed by atoms with Gasteiger partial charge in [0.15, 0.2) is 0 Å². The van der Waals surface area contributed by atoms with Crippen molar-refractivity contribution in [1.82, 2.24) is 0 Å². The van der Waals surface area contributed by atoms with E-state index in [1.165, 1.54) is 12.7 Å². The van der Waals surface area contributed by atoms with Crippen molar-refractivity contribution in [2.75, 3.05) is 7.11 Å². The Hall–Kier alpha value is -1.33. The summed E-state index contributed by atoms with van der Waals surface area (Å²) in [7, 11) is 1.41. The molecule has 5 heteroatoms. The van der Waals surface area contributed by atoms with Crippen molar-refractivity contribution in [1.29, 1.82) is 0 Å². The van der Waals surface area contributed by atoms with E-state index in [-0.39, 0.29) is 29.6 Å². The van der Waals surface area contributed by atoms with Crippen molar-refractivity contribution in [2.24, 2.45) is 28.6 Å². The lowest BCUT2D eigenvalue weighted by atomic mass is 9.42. The van der Waals surface area contributed by atoms with Gasteiger partial charge < -0.3 is 19.4 Å². The quantitative estimate of drug-likeness (QED) is 0.751. The number of aliphatic hydroxyl groups excluding tert-OH is 2. The van der Waals surface area contributed by atoms with Crippen LogP contribution in [-0.4, -0.2) is 35.5 Å². The summed E-state index contributed by atoms with van der Waals surface area (Å²) < 4.78 is 10.9. The van der Waals surface area contributed by atoms with Crippen LogP contribution in [0.5, 0.6) is 0 Å². The highest BCUT2D eigenvalue weighted by atomic mass is 16.5. The Morgan fingerprint density at radius 2 is 2.08 bits per heavy atom. The van der Waals surface area contributed by atoms with Gasteiger partial charge in [-0.2, -0.15) is 0 Å². The lowest BCUT2D eigenvalue weighted by Crippen LogP contribution is -2.66. The number of carbonyl (C=O) groups is 1. The minimum Gasteiger partial charge on any atom is -0.469 e. The number of furan rings is 1. The molecule has 8 unspecified atom stereocenters. The van der Waals surface area contributed by atoms with E-state index in [1.54, 1.807) is 6.26 Å². The molecule has 3 aliphatic carbocycles. The van der Waals surface area contributed by atoms with Crippen LogP contribution < -0.4 is 0 Å². The first-order valence-corrected chi connectivity index (χ1v) is 9.76. The Kier molecular flexibility index (Phi) is 4.05. The number of fused-ring (bicyclic) bond motifs is 4. The number of esters is 1. The Balaban J connectivity index is 1.83. The molecule has 0 saturated heterocycles. The maximum absolute atomic E-state index is 12.7. The number of hydrogen-bond acceptors (Lipinski definition) is 5. The highest BCUT2D eigenvalue weighted by Gasteiger charge is 2.66. The summed E-state index contributed by atoms with van der Waals surface area (Å²) in [6, 6.07) is 2.03. The van der Waals surface area contributed by atoms with Gasteiger partial charge >= 0.3 is 5.97 Å². The molecule has 26 heavy (non-hydrogen) atoms. The van der Waals surface area contributed by atoms with Gasteiger partial charge in [-0.1, -0.05) is 13.8 Å². The van der Waals surface area contributed by atoms with Crippen LogP contribution in [0.4, 0.5) is 0 Å². The van der Waals surface area contributed by atoms with E-state index in [0.29, 0.717) is 19.3 Å². The summed E-state index contributed by atoms with van der Waals surface area (Å²) >= 11 is 0. The Labute approximate surface area is 154 Å². The number of aliphatic hydroxyl groups is 2. The normalized spacial score (nSPS) is 47.5. The topological polar surface area (TPSA) is 79.9 Å². The van der Waals surface area contributed by atoms with Crippen molar-refractivity contribution in [3.8, 4) is 0 Å². The second-order valence-corrected chi connectivity index (χ2v) is 9.17. The molecule has 8 atom stereocenters. The molecule has 144 valence electrons. The van der Waals surface area contributed by atoms with Crippen LogP contribution in [0.2, 0.25) is 0 Å². The SMILES string of the molecule is COC(=O)C1(C)CCC(O)C2(C)C3Cc4occc4C(C)C3CC(O)C12. The Bertz CT molecular complexity index is 711. The minimum absolute atomic E-state index is 0.170. The fourth-order valence-electron chi connectivity index (χ4n) is 6.89. The fourth-order valence-corrected chi connectivity index (χ4v) is 6.89. The van der Waals surface area contributed by atoms with Gasteiger partial charge in [-0.25, -0.2) is 0 Å². The average molecular weight is 362 g/mol. The molecule has 2 fully saturated rings. The monoisotopic (exact) mass is 362 g/mol. The van der Waals surface area contributed by atoms with Crippen LogP contribution in [-0.2, 0) is 16.0 Å². The first-order chi connectivity index (χ1) is 12.2. The molecule has 0 amide bonds. The number of rotatable bonds is 1. The largest absolute Gasteiger partial charge is 0.469 e. The molecule has 2 saturated carbocycles. The van der Waals surface area contributed by atoms with Crippen LogP contribution in [0.25, 0.3) is 0 Å². The van der Waals surface area contributed by atoms with Crippen molar-refractivity contribution in [3.63, 3.8) is 0 Å². The van der Waals surface area contributed by atoms with Crippen molar-refractivity contribution >= 4 is 5.97 Å². The number of ether oxygens (including phenoxy) is 1. The predicted octanol–water partition coefficient (Wildman–Crippen LogP) is 2.89. The molecule has 0 aliphatic heterocycles. The van der Waals surface area contributed by atoms with Gasteiger partial charge in [0.2, 0.25) is 0 Å². The van der Waals surface area contributed by atoms with E-state index >= 15 is 0 Å². The van der Waals surface area contributed by atoms with Crippen LogP contribution in [0.15, 0.2) is 16.7 Å². The van der Waals surface area contributed by atoms with Crippen LogP contribution >= 0.6 is 0 Å². The summed E-state index contributed by atoms with van der Waals surface area (Å²) in [5.41, 5.74) is -0.108. The predicted molar refractivity (Wildman–Crippen MR) is 95.4 cm³/mol. The summed E-state index contributed by atoms with van der Waals surface area (Å²) in [5, 5.41) is 22.3. The number of carbonyl (C=O) groups excluding carboxylic acids is 1. The van der Waals surface area contributed by atoms with Crippen molar-refractivity contribution in [3.05, 3.63) is 23.7 Å². The maximum Gasteiger partial charge on any atom is 0.311 e. The van der Waals surface area contributed by atoms with Gasteiger partial charge in [0.1, 0.15) is 5.76 Å². The summed E-state index contributed by atoms with van der Waals surface area (Å²) in [5.74, 6) is 1.10. The standard InChI is InChI=1S/C21H30O5/c1-11-12-6-8-26-16(12)10-14-13(11)9-15(22)18-20(2,19(24)25-4)7-5-17(23)21(14,18)3/h6,8,11,13-15,17-18,22-23H,5,7,9-10H2,1-4H3. The molecule has 1 aromatic heterocycles. The third-order valence-corrected chi connectivity index (χ3v) is 8.20. The van der Waals surface area contributed by atoms with Crippen LogP contribution in [0.3, 0.4) is 0 Å². The smallest absolute Gasteiger partial charge is 0.311 e. The molecule has 2 N–H and O–H groups in total. The first-order valence-electron chi connectivity index (χ1n) is 9.76. The van der Waals surface area contributed by atoms with Gasteiger partial charge in [-0.05, 0) is 55.6 Å². The summed E-state index contributed by atoms with van der Waals surface area (Å²) in [6.07, 6.45) is 3.06. The zero-order valence-corrected chi connectivity index (χ0v) is 16.1. The van der Waals surface area contributed by atoms with Crippen molar-refractivity contribution < 1.29 is 24.2 Å². The zero-order chi connectivity index (χ0) is 18.9. The molecule has 0 radical (unpaired) electrons. The Morgan fingerprint density at radius 3 is 2.77 bits per heavy atom. The van der Waals surface area contributed by atoms with Gasteiger partial charge in [0.05, 0.1) is 31.0 Å². The Morgan fingerprint density at radius 1 is 1.35 bits per heavy atom.